The third-order valence-corrected chi connectivity index (χ3v) is 5.78. The van der Waals surface area contributed by atoms with Crippen molar-refractivity contribution in [1.82, 2.24) is 9.78 Å². The third-order valence-electron chi connectivity index (χ3n) is 4.43. The van der Waals surface area contributed by atoms with Gasteiger partial charge in [-0.05, 0) is 33.3 Å². The minimum absolute atomic E-state index is 0.239. The lowest BCUT2D eigenvalue weighted by atomic mass is 10.0. The molecule has 0 aliphatic carbocycles. The topological polar surface area (TPSA) is 73.2 Å². The standard InChI is InChI=1S/C21H22ClN3O3S/c1-5-25-18(17(22)13(4)24-25)19(26)23-20-16(21(27)28-6-2)15(11-29-20)14-9-7-12(3)8-10-14/h7-11H,5-6H2,1-4H3,(H,23,26). The van der Waals surface area contributed by atoms with Crippen molar-refractivity contribution < 1.29 is 14.3 Å². The summed E-state index contributed by atoms with van der Waals surface area (Å²) < 4.78 is 6.79. The number of aromatic nitrogens is 2. The maximum atomic E-state index is 12.9. The number of halogens is 1. The van der Waals surface area contributed by atoms with E-state index in [2.05, 4.69) is 10.4 Å². The number of ether oxygens (including phenoxy) is 1. The monoisotopic (exact) mass is 431 g/mol. The SMILES string of the molecule is CCOC(=O)c1c(-c2ccc(C)cc2)csc1NC(=O)c1c(Cl)c(C)nn1CC. The summed E-state index contributed by atoms with van der Waals surface area (Å²) in [5.74, 6) is -0.897. The number of carbonyl (C=O) groups excluding carboxylic acids is 2. The van der Waals surface area contributed by atoms with Crippen LogP contribution in [0.25, 0.3) is 11.1 Å². The number of aryl methyl sites for hydroxylation is 3. The van der Waals surface area contributed by atoms with Crippen LogP contribution < -0.4 is 5.32 Å². The number of hydrogen-bond donors (Lipinski definition) is 1. The second kappa shape index (κ2) is 8.80. The van der Waals surface area contributed by atoms with Crippen LogP contribution in [0.5, 0.6) is 0 Å². The Bertz CT molecular complexity index is 1050. The minimum Gasteiger partial charge on any atom is -0.462 e. The van der Waals surface area contributed by atoms with Crippen LogP contribution in [0.4, 0.5) is 5.00 Å². The number of thiophene rings is 1. The van der Waals surface area contributed by atoms with Gasteiger partial charge in [-0.15, -0.1) is 11.3 Å². The molecule has 6 nitrogen and oxygen atoms in total. The molecular weight excluding hydrogens is 410 g/mol. The number of benzene rings is 1. The summed E-state index contributed by atoms with van der Waals surface area (Å²) in [5, 5.41) is 9.67. The van der Waals surface area contributed by atoms with Gasteiger partial charge in [0.2, 0.25) is 0 Å². The number of hydrogen-bond acceptors (Lipinski definition) is 5. The molecule has 0 aliphatic heterocycles. The first-order chi connectivity index (χ1) is 13.9. The fourth-order valence-corrected chi connectivity index (χ4v) is 4.14. The number of anilines is 1. The van der Waals surface area contributed by atoms with E-state index in [0.29, 0.717) is 27.8 Å². The Labute approximate surface area is 178 Å². The number of nitrogens with zero attached hydrogens (tertiary/aromatic N) is 2. The van der Waals surface area contributed by atoms with Crippen LogP contribution in [-0.2, 0) is 11.3 Å². The molecule has 0 fully saturated rings. The molecule has 29 heavy (non-hydrogen) atoms. The van der Waals surface area contributed by atoms with Crippen LogP contribution in [0, 0.1) is 13.8 Å². The van der Waals surface area contributed by atoms with Crippen LogP contribution in [0.15, 0.2) is 29.6 Å². The lowest BCUT2D eigenvalue weighted by molar-refractivity contribution is 0.0529. The van der Waals surface area contributed by atoms with Crippen molar-refractivity contribution in [1.29, 1.82) is 0 Å². The summed E-state index contributed by atoms with van der Waals surface area (Å²) in [4.78, 5) is 25.6. The molecule has 2 heterocycles. The lowest BCUT2D eigenvalue weighted by Gasteiger charge is -2.10. The van der Waals surface area contributed by atoms with Crippen molar-refractivity contribution >= 4 is 39.8 Å². The predicted octanol–water partition coefficient (Wildman–Crippen LogP) is 5.33. The van der Waals surface area contributed by atoms with Crippen LogP contribution >= 0.6 is 22.9 Å². The summed E-state index contributed by atoms with van der Waals surface area (Å²) in [7, 11) is 0. The first-order valence-electron chi connectivity index (χ1n) is 9.27. The zero-order chi connectivity index (χ0) is 21.1. The van der Waals surface area contributed by atoms with Gasteiger partial charge < -0.3 is 10.1 Å². The first kappa shape index (κ1) is 21.1. The minimum atomic E-state index is -0.481. The van der Waals surface area contributed by atoms with Crippen LogP contribution in [-0.4, -0.2) is 28.3 Å². The van der Waals surface area contributed by atoms with Crippen LogP contribution in [0.3, 0.4) is 0 Å². The van der Waals surface area contributed by atoms with Crippen LogP contribution in [0.1, 0.15) is 46.0 Å². The number of nitrogens with one attached hydrogen (secondary N) is 1. The molecule has 0 bridgehead atoms. The fourth-order valence-electron chi connectivity index (χ4n) is 2.97. The van der Waals surface area contributed by atoms with E-state index in [1.54, 1.807) is 18.5 Å². The summed E-state index contributed by atoms with van der Waals surface area (Å²) in [6.07, 6.45) is 0. The van der Waals surface area contributed by atoms with Crippen LogP contribution in [0.2, 0.25) is 5.02 Å². The molecule has 8 heteroatoms. The van der Waals surface area contributed by atoms with Crippen molar-refractivity contribution in [3.05, 3.63) is 57.2 Å². The Balaban J connectivity index is 2.02. The molecule has 0 saturated heterocycles. The van der Waals surface area contributed by atoms with Gasteiger partial charge in [0.15, 0.2) is 0 Å². The molecule has 3 aromatic rings. The quantitative estimate of drug-likeness (QED) is 0.535. The van der Waals surface area contributed by atoms with Crippen molar-refractivity contribution in [2.75, 3.05) is 11.9 Å². The summed E-state index contributed by atoms with van der Waals surface area (Å²) in [6, 6.07) is 7.83. The normalized spacial score (nSPS) is 10.8. The van der Waals surface area contributed by atoms with E-state index < -0.39 is 11.9 Å². The van der Waals surface area contributed by atoms with Gasteiger partial charge in [0, 0.05) is 17.5 Å². The molecule has 1 N–H and O–H groups in total. The molecule has 0 aliphatic rings. The second-order valence-electron chi connectivity index (χ2n) is 6.46. The summed E-state index contributed by atoms with van der Waals surface area (Å²) in [5.41, 5.74) is 3.90. The number of amides is 1. The molecule has 3 rings (SSSR count). The molecule has 1 amide bonds. The van der Waals surface area contributed by atoms with Gasteiger partial charge in [-0.2, -0.15) is 5.10 Å². The Morgan fingerprint density at radius 1 is 1.21 bits per heavy atom. The van der Waals surface area contributed by atoms with E-state index >= 15 is 0 Å². The summed E-state index contributed by atoms with van der Waals surface area (Å²) >= 11 is 7.56. The highest BCUT2D eigenvalue weighted by molar-refractivity contribution is 7.15. The average Bonchev–Trinajstić information content (AvgIpc) is 3.23. The highest BCUT2D eigenvalue weighted by Crippen LogP contribution is 2.37. The molecular formula is C21H22ClN3O3S. The first-order valence-corrected chi connectivity index (χ1v) is 10.5. The van der Waals surface area contributed by atoms with Crippen molar-refractivity contribution in [3.63, 3.8) is 0 Å². The Kier molecular flexibility index (Phi) is 6.39. The maximum Gasteiger partial charge on any atom is 0.341 e. The van der Waals surface area contributed by atoms with Gasteiger partial charge in [-0.1, -0.05) is 41.4 Å². The molecule has 0 unspecified atom stereocenters. The van der Waals surface area contributed by atoms with Crippen molar-refractivity contribution in [2.24, 2.45) is 0 Å². The fraction of sp³-hybridized carbons (Fsp3) is 0.286. The van der Waals surface area contributed by atoms with E-state index in [1.165, 1.54) is 11.3 Å². The molecule has 0 atom stereocenters. The van der Waals surface area contributed by atoms with E-state index in [9.17, 15) is 9.59 Å². The smallest absolute Gasteiger partial charge is 0.341 e. The number of rotatable bonds is 6. The third kappa shape index (κ3) is 4.21. The highest BCUT2D eigenvalue weighted by Gasteiger charge is 2.26. The Morgan fingerprint density at radius 2 is 1.90 bits per heavy atom. The second-order valence-corrected chi connectivity index (χ2v) is 7.72. The lowest BCUT2D eigenvalue weighted by Crippen LogP contribution is -2.19. The van der Waals surface area contributed by atoms with E-state index in [-0.39, 0.29) is 12.3 Å². The molecule has 152 valence electrons. The van der Waals surface area contributed by atoms with Gasteiger partial charge in [-0.25, -0.2) is 4.79 Å². The molecule has 2 aromatic heterocycles. The predicted molar refractivity (Wildman–Crippen MR) is 116 cm³/mol. The Hall–Kier alpha value is -2.64. The zero-order valence-electron chi connectivity index (χ0n) is 16.7. The summed E-state index contributed by atoms with van der Waals surface area (Å²) in [6.45, 7) is 8.11. The largest absolute Gasteiger partial charge is 0.462 e. The van der Waals surface area contributed by atoms with Gasteiger partial charge in [0.25, 0.3) is 5.91 Å². The molecule has 0 radical (unpaired) electrons. The van der Waals surface area contributed by atoms with Gasteiger partial charge in [-0.3, -0.25) is 9.48 Å². The maximum absolute atomic E-state index is 12.9. The highest BCUT2D eigenvalue weighted by atomic mass is 35.5. The van der Waals surface area contributed by atoms with Gasteiger partial charge in [0.1, 0.15) is 16.3 Å². The van der Waals surface area contributed by atoms with Crippen molar-refractivity contribution in [2.45, 2.75) is 34.2 Å². The average molecular weight is 432 g/mol. The van der Waals surface area contributed by atoms with Gasteiger partial charge in [0.05, 0.1) is 17.3 Å². The zero-order valence-corrected chi connectivity index (χ0v) is 18.3. The Morgan fingerprint density at radius 3 is 2.52 bits per heavy atom. The van der Waals surface area contributed by atoms with E-state index in [0.717, 1.165) is 16.7 Å². The van der Waals surface area contributed by atoms with Crippen molar-refractivity contribution in [3.8, 4) is 11.1 Å². The molecule has 1 aromatic carbocycles. The number of carbonyl (C=O) groups is 2. The van der Waals surface area contributed by atoms with E-state index in [4.69, 9.17) is 16.3 Å². The van der Waals surface area contributed by atoms with E-state index in [1.807, 2.05) is 43.5 Å². The molecule has 0 spiro atoms. The molecule has 0 saturated carbocycles. The number of esters is 1. The van der Waals surface area contributed by atoms with Gasteiger partial charge >= 0.3 is 5.97 Å².